The quantitative estimate of drug-likeness (QED) is 0.492. The Kier molecular flexibility index (Phi) is 9.54. The van der Waals surface area contributed by atoms with Gasteiger partial charge in [-0.25, -0.2) is 8.42 Å². The summed E-state index contributed by atoms with van der Waals surface area (Å²) in [6, 6.07) is 12.1. The molecule has 1 fully saturated rings. The van der Waals surface area contributed by atoms with E-state index in [1.165, 1.54) is 17.7 Å². The Labute approximate surface area is 215 Å². The van der Waals surface area contributed by atoms with Crippen molar-refractivity contribution in [3.05, 3.63) is 59.2 Å². The van der Waals surface area contributed by atoms with Crippen LogP contribution in [0.3, 0.4) is 0 Å². The summed E-state index contributed by atoms with van der Waals surface area (Å²) in [5.74, 6) is 0.395. The summed E-state index contributed by atoms with van der Waals surface area (Å²) in [4.78, 5) is 29.3. The Morgan fingerprint density at radius 1 is 0.972 bits per heavy atom. The van der Waals surface area contributed by atoms with Gasteiger partial charge in [-0.15, -0.1) is 0 Å². The molecule has 1 heterocycles. The number of carbonyl (C=O) groups excluding carboxylic acids is 2. The molecule has 1 aliphatic rings. The monoisotopic (exact) mass is 513 g/mol. The summed E-state index contributed by atoms with van der Waals surface area (Å²) >= 11 is 0. The van der Waals surface area contributed by atoms with Crippen LogP contribution in [0, 0.1) is 12.8 Å². The van der Waals surface area contributed by atoms with Crippen LogP contribution in [0.15, 0.2) is 47.4 Å². The van der Waals surface area contributed by atoms with Gasteiger partial charge >= 0.3 is 0 Å². The first-order valence-electron chi connectivity index (χ1n) is 12.9. The summed E-state index contributed by atoms with van der Waals surface area (Å²) in [5, 5.41) is 0. The molecule has 1 N–H and O–H groups in total. The van der Waals surface area contributed by atoms with E-state index < -0.39 is 10.0 Å². The summed E-state index contributed by atoms with van der Waals surface area (Å²) < 4.78 is 28.8. The number of sulfonamides is 1. The number of carbonyl (C=O) groups is 2. The van der Waals surface area contributed by atoms with Crippen LogP contribution in [-0.4, -0.2) is 56.2 Å². The lowest BCUT2D eigenvalue weighted by Crippen LogP contribution is -2.50. The second-order valence-corrected chi connectivity index (χ2v) is 11.7. The number of hydrogen-bond acceptors (Lipinski definition) is 4. The fourth-order valence-electron chi connectivity index (χ4n) is 4.23. The molecule has 0 aromatic heterocycles. The summed E-state index contributed by atoms with van der Waals surface area (Å²) in [7, 11) is -3.85. The lowest BCUT2D eigenvalue weighted by atomic mass is 10.1. The SMILES string of the molecule is CCCCc1ccc(NS(=O)(=O)c2ccc(C)c(C(=O)N3CCN(C(=O)CCC(C)C)CC3)c2)cc1. The number of benzene rings is 2. The van der Waals surface area contributed by atoms with Crippen LogP contribution in [0.1, 0.15) is 67.9 Å². The van der Waals surface area contributed by atoms with Gasteiger partial charge in [0, 0.05) is 43.9 Å². The first-order valence-corrected chi connectivity index (χ1v) is 14.4. The van der Waals surface area contributed by atoms with Crippen LogP contribution in [-0.2, 0) is 21.2 Å². The van der Waals surface area contributed by atoms with Gasteiger partial charge in [-0.1, -0.05) is 45.4 Å². The maximum atomic E-state index is 13.3. The maximum absolute atomic E-state index is 13.3. The zero-order valence-corrected chi connectivity index (χ0v) is 22.7. The molecule has 0 unspecified atom stereocenters. The molecule has 1 saturated heterocycles. The molecule has 3 rings (SSSR count). The van der Waals surface area contributed by atoms with E-state index in [1.807, 2.05) is 17.0 Å². The summed E-state index contributed by atoms with van der Waals surface area (Å²) in [6.07, 6.45) is 4.55. The number of nitrogens with one attached hydrogen (secondary N) is 1. The van der Waals surface area contributed by atoms with Crippen LogP contribution >= 0.6 is 0 Å². The van der Waals surface area contributed by atoms with Crippen molar-refractivity contribution in [2.45, 2.75) is 64.7 Å². The van der Waals surface area contributed by atoms with Gasteiger partial charge < -0.3 is 9.80 Å². The minimum atomic E-state index is -3.85. The topological polar surface area (TPSA) is 86.8 Å². The van der Waals surface area contributed by atoms with Gasteiger partial charge in [0.2, 0.25) is 5.91 Å². The summed E-state index contributed by atoms with van der Waals surface area (Å²) in [6.45, 7) is 10.00. The smallest absolute Gasteiger partial charge is 0.261 e. The van der Waals surface area contributed by atoms with Gasteiger partial charge in [-0.2, -0.15) is 0 Å². The minimum Gasteiger partial charge on any atom is -0.339 e. The molecular weight excluding hydrogens is 474 g/mol. The molecule has 0 spiro atoms. The molecule has 0 radical (unpaired) electrons. The number of nitrogens with zero attached hydrogens (tertiary/aromatic N) is 2. The molecule has 1 aliphatic heterocycles. The molecule has 0 saturated carbocycles. The molecule has 0 bridgehead atoms. The highest BCUT2D eigenvalue weighted by molar-refractivity contribution is 7.92. The van der Waals surface area contributed by atoms with Crippen LogP contribution < -0.4 is 4.72 Å². The molecule has 7 nitrogen and oxygen atoms in total. The average molecular weight is 514 g/mol. The van der Waals surface area contributed by atoms with Crippen molar-refractivity contribution in [1.82, 2.24) is 9.80 Å². The third-order valence-corrected chi connectivity index (χ3v) is 8.01. The maximum Gasteiger partial charge on any atom is 0.261 e. The van der Waals surface area contributed by atoms with Gasteiger partial charge in [0.05, 0.1) is 4.90 Å². The lowest BCUT2D eigenvalue weighted by molar-refractivity contribution is -0.132. The van der Waals surface area contributed by atoms with E-state index in [1.54, 1.807) is 30.0 Å². The van der Waals surface area contributed by atoms with E-state index in [2.05, 4.69) is 25.5 Å². The van der Waals surface area contributed by atoms with E-state index in [-0.39, 0.29) is 16.7 Å². The van der Waals surface area contributed by atoms with Crippen LogP contribution in [0.25, 0.3) is 0 Å². The van der Waals surface area contributed by atoms with Crippen LogP contribution in [0.5, 0.6) is 0 Å². The molecular formula is C28H39N3O4S. The third-order valence-electron chi connectivity index (χ3n) is 6.63. The average Bonchev–Trinajstić information content (AvgIpc) is 2.86. The van der Waals surface area contributed by atoms with Gasteiger partial charge in [0.1, 0.15) is 0 Å². The summed E-state index contributed by atoms with van der Waals surface area (Å²) in [5.41, 5.74) is 2.74. The highest BCUT2D eigenvalue weighted by Gasteiger charge is 2.27. The van der Waals surface area contributed by atoms with Crippen molar-refractivity contribution in [1.29, 1.82) is 0 Å². The van der Waals surface area contributed by atoms with Gasteiger partial charge in [0.15, 0.2) is 0 Å². The van der Waals surface area contributed by atoms with E-state index in [0.29, 0.717) is 49.8 Å². The number of amides is 2. The Balaban J connectivity index is 1.67. The molecule has 0 aliphatic carbocycles. The molecule has 2 amide bonds. The van der Waals surface area contributed by atoms with Crippen molar-refractivity contribution >= 4 is 27.5 Å². The van der Waals surface area contributed by atoms with Crippen molar-refractivity contribution in [2.24, 2.45) is 5.92 Å². The van der Waals surface area contributed by atoms with E-state index >= 15 is 0 Å². The Bertz CT molecular complexity index is 1150. The first kappa shape index (κ1) is 27.7. The molecule has 2 aromatic carbocycles. The van der Waals surface area contributed by atoms with E-state index in [4.69, 9.17) is 0 Å². The number of aryl methyl sites for hydroxylation is 2. The highest BCUT2D eigenvalue weighted by atomic mass is 32.2. The number of unbranched alkanes of at least 4 members (excludes halogenated alkanes) is 1. The van der Waals surface area contributed by atoms with Gasteiger partial charge in [-0.05, 0) is 67.5 Å². The highest BCUT2D eigenvalue weighted by Crippen LogP contribution is 2.22. The normalized spacial score (nSPS) is 14.2. The Morgan fingerprint density at radius 2 is 1.61 bits per heavy atom. The largest absolute Gasteiger partial charge is 0.339 e. The predicted octanol–water partition coefficient (Wildman–Crippen LogP) is 4.86. The number of piperazine rings is 1. The fraction of sp³-hybridized carbons (Fsp3) is 0.500. The van der Waals surface area contributed by atoms with Gasteiger partial charge in [-0.3, -0.25) is 14.3 Å². The van der Waals surface area contributed by atoms with Crippen molar-refractivity contribution in [3.63, 3.8) is 0 Å². The third kappa shape index (κ3) is 7.32. The Hall–Kier alpha value is -2.87. The van der Waals surface area contributed by atoms with Crippen molar-refractivity contribution in [3.8, 4) is 0 Å². The Morgan fingerprint density at radius 3 is 2.22 bits per heavy atom. The van der Waals surface area contributed by atoms with Crippen LogP contribution in [0.4, 0.5) is 5.69 Å². The number of rotatable bonds is 10. The standard InChI is InChI=1S/C28H39N3O4S/c1-5-6-7-23-10-12-24(13-11-23)29-36(34,35)25-14-9-22(4)26(20-25)28(33)31-18-16-30(17-19-31)27(32)15-8-21(2)3/h9-14,20-21,29H,5-8,15-19H2,1-4H3. The molecule has 2 aromatic rings. The zero-order chi connectivity index (χ0) is 26.3. The predicted molar refractivity (Wildman–Crippen MR) is 144 cm³/mol. The second-order valence-electron chi connectivity index (χ2n) is 9.99. The minimum absolute atomic E-state index is 0.0500. The number of anilines is 1. The van der Waals surface area contributed by atoms with Gasteiger partial charge in [0.25, 0.3) is 15.9 Å². The fourth-order valence-corrected chi connectivity index (χ4v) is 5.32. The van der Waals surface area contributed by atoms with Crippen molar-refractivity contribution < 1.29 is 18.0 Å². The van der Waals surface area contributed by atoms with Crippen molar-refractivity contribution in [2.75, 3.05) is 30.9 Å². The zero-order valence-electron chi connectivity index (χ0n) is 21.9. The van der Waals surface area contributed by atoms with Crippen LogP contribution in [0.2, 0.25) is 0 Å². The second kappa shape index (κ2) is 12.4. The lowest BCUT2D eigenvalue weighted by Gasteiger charge is -2.35. The van der Waals surface area contributed by atoms with E-state index in [9.17, 15) is 18.0 Å². The molecule has 196 valence electrons. The first-order chi connectivity index (χ1) is 17.1. The van der Waals surface area contributed by atoms with E-state index in [0.717, 1.165) is 31.2 Å². The molecule has 0 atom stereocenters. The number of hydrogen-bond donors (Lipinski definition) is 1. The molecule has 8 heteroatoms. The molecule has 36 heavy (non-hydrogen) atoms.